The normalized spacial score (nSPS) is 19.6. The summed E-state index contributed by atoms with van der Waals surface area (Å²) in [5, 5.41) is 2.62. The van der Waals surface area contributed by atoms with E-state index in [4.69, 9.17) is 4.74 Å². The molecule has 0 radical (unpaired) electrons. The van der Waals surface area contributed by atoms with Crippen LogP contribution < -0.4 is 10.1 Å². The van der Waals surface area contributed by atoms with Crippen LogP contribution in [0.25, 0.3) is 0 Å². The standard InChI is InChI=1S/C15H20N2O3S/c1-10(8-17-14(18)11(2)16-15(17)19)9-21-13-7-5-4-6-12(13)20-3/h4-7,10-11H,8-9H2,1-3H3,(H,16,19)/t10-,11-/m0/s1. The minimum atomic E-state index is -0.411. The van der Waals surface area contributed by atoms with Crippen molar-refractivity contribution in [2.75, 3.05) is 19.4 Å². The van der Waals surface area contributed by atoms with Gasteiger partial charge in [-0.2, -0.15) is 0 Å². The number of ether oxygens (including phenoxy) is 1. The van der Waals surface area contributed by atoms with E-state index in [-0.39, 0.29) is 17.9 Å². The van der Waals surface area contributed by atoms with Gasteiger partial charge in [-0.1, -0.05) is 19.1 Å². The molecule has 114 valence electrons. The smallest absolute Gasteiger partial charge is 0.324 e. The summed E-state index contributed by atoms with van der Waals surface area (Å²) in [6, 6.07) is 7.13. The maximum Gasteiger partial charge on any atom is 0.324 e. The average molecular weight is 308 g/mol. The second-order valence-electron chi connectivity index (χ2n) is 5.19. The van der Waals surface area contributed by atoms with Gasteiger partial charge in [-0.3, -0.25) is 9.69 Å². The lowest BCUT2D eigenvalue weighted by atomic mass is 10.2. The molecular weight excluding hydrogens is 288 g/mol. The first kappa shape index (κ1) is 15.7. The van der Waals surface area contributed by atoms with Gasteiger partial charge < -0.3 is 10.1 Å². The lowest BCUT2D eigenvalue weighted by Gasteiger charge is -2.18. The van der Waals surface area contributed by atoms with Gasteiger partial charge in [0.2, 0.25) is 0 Å². The molecule has 1 aromatic rings. The fourth-order valence-corrected chi connectivity index (χ4v) is 3.20. The van der Waals surface area contributed by atoms with E-state index in [1.807, 2.05) is 31.2 Å². The maximum atomic E-state index is 11.8. The zero-order valence-corrected chi connectivity index (χ0v) is 13.3. The number of carbonyl (C=O) groups excluding carboxylic acids is 2. The molecule has 0 spiro atoms. The number of nitrogens with zero attached hydrogens (tertiary/aromatic N) is 1. The van der Waals surface area contributed by atoms with Gasteiger partial charge in [0.1, 0.15) is 11.8 Å². The van der Waals surface area contributed by atoms with Crippen molar-refractivity contribution in [3.8, 4) is 5.75 Å². The quantitative estimate of drug-likeness (QED) is 0.647. The number of hydrogen-bond donors (Lipinski definition) is 1. The molecule has 0 aromatic heterocycles. The molecule has 1 fully saturated rings. The van der Waals surface area contributed by atoms with E-state index in [0.29, 0.717) is 6.54 Å². The van der Waals surface area contributed by atoms with E-state index in [0.717, 1.165) is 16.4 Å². The number of imide groups is 1. The summed E-state index contributed by atoms with van der Waals surface area (Å²) in [5.41, 5.74) is 0. The van der Waals surface area contributed by atoms with Gasteiger partial charge in [-0.05, 0) is 25.0 Å². The summed E-state index contributed by atoms with van der Waals surface area (Å²) in [7, 11) is 1.65. The van der Waals surface area contributed by atoms with E-state index in [9.17, 15) is 9.59 Å². The zero-order valence-electron chi connectivity index (χ0n) is 12.5. The van der Waals surface area contributed by atoms with Gasteiger partial charge in [0, 0.05) is 17.2 Å². The molecular formula is C15H20N2O3S. The van der Waals surface area contributed by atoms with Crippen LogP contribution in [0.5, 0.6) is 5.75 Å². The second kappa shape index (κ2) is 6.85. The highest BCUT2D eigenvalue weighted by atomic mass is 32.2. The molecule has 0 aliphatic carbocycles. The van der Waals surface area contributed by atoms with Crippen molar-refractivity contribution >= 4 is 23.7 Å². The molecule has 3 amide bonds. The lowest BCUT2D eigenvalue weighted by molar-refractivity contribution is -0.127. The Labute approximate surface area is 129 Å². The minimum Gasteiger partial charge on any atom is -0.496 e. The second-order valence-corrected chi connectivity index (χ2v) is 6.25. The van der Waals surface area contributed by atoms with Crippen LogP contribution >= 0.6 is 11.8 Å². The van der Waals surface area contributed by atoms with Crippen LogP contribution in [0.4, 0.5) is 4.79 Å². The number of benzene rings is 1. The fraction of sp³-hybridized carbons (Fsp3) is 0.467. The minimum absolute atomic E-state index is 0.144. The maximum absolute atomic E-state index is 11.8. The summed E-state index contributed by atoms with van der Waals surface area (Å²) in [5.74, 6) is 1.72. The van der Waals surface area contributed by atoms with Crippen LogP contribution in [0.2, 0.25) is 0 Å². The molecule has 6 heteroatoms. The lowest BCUT2D eigenvalue weighted by Crippen LogP contribution is -2.35. The van der Waals surface area contributed by atoms with Crippen molar-refractivity contribution in [3.05, 3.63) is 24.3 Å². The molecule has 1 aliphatic rings. The van der Waals surface area contributed by atoms with Crippen LogP contribution in [0.3, 0.4) is 0 Å². The van der Waals surface area contributed by atoms with Crippen molar-refractivity contribution in [1.82, 2.24) is 10.2 Å². The summed E-state index contributed by atoms with van der Waals surface area (Å²) < 4.78 is 5.31. The Morgan fingerprint density at radius 2 is 2.10 bits per heavy atom. The van der Waals surface area contributed by atoms with E-state index in [1.54, 1.807) is 25.8 Å². The largest absolute Gasteiger partial charge is 0.496 e. The zero-order chi connectivity index (χ0) is 15.4. The number of methoxy groups -OCH3 is 1. The summed E-state index contributed by atoms with van der Waals surface area (Å²) in [6.07, 6.45) is 0. The molecule has 1 heterocycles. The van der Waals surface area contributed by atoms with Crippen molar-refractivity contribution in [2.45, 2.75) is 24.8 Å². The van der Waals surface area contributed by atoms with Crippen LogP contribution in [0.15, 0.2) is 29.2 Å². The van der Waals surface area contributed by atoms with Crippen molar-refractivity contribution in [2.24, 2.45) is 5.92 Å². The molecule has 0 bridgehead atoms. The number of nitrogens with one attached hydrogen (secondary N) is 1. The number of rotatable bonds is 6. The molecule has 1 saturated heterocycles. The van der Waals surface area contributed by atoms with Gasteiger partial charge in [0.15, 0.2) is 0 Å². The highest BCUT2D eigenvalue weighted by Crippen LogP contribution is 2.30. The van der Waals surface area contributed by atoms with Gasteiger partial charge >= 0.3 is 6.03 Å². The van der Waals surface area contributed by atoms with E-state index >= 15 is 0 Å². The predicted octanol–water partition coefficient (Wildman–Crippen LogP) is 2.36. The monoisotopic (exact) mass is 308 g/mol. The van der Waals surface area contributed by atoms with Crippen molar-refractivity contribution in [3.63, 3.8) is 0 Å². The number of carbonyl (C=O) groups is 2. The van der Waals surface area contributed by atoms with Crippen molar-refractivity contribution < 1.29 is 14.3 Å². The number of thioether (sulfide) groups is 1. The third kappa shape index (κ3) is 3.69. The first-order valence-corrected chi connectivity index (χ1v) is 7.89. The third-order valence-electron chi connectivity index (χ3n) is 3.31. The highest BCUT2D eigenvalue weighted by Gasteiger charge is 2.35. The van der Waals surface area contributed by atoms with Gasteiger partial charge in [0.05, 0.1) is 7.11 Å². The molecule has 1 aliphatic heterocycles. The third-order valence-corrected chi connectivity index (χ3v) is 4.69. The number of para-hydroxylation sites is 1. The van der Waals surface area contributed by atoms with E-state index < -0.39 is 6.04 Å². The molecule has 0 unspecified atom stereocenters. The average Bonchev–Trinajstić information content (AvgIpc) is 2.72. The topological polar surface area (TPSA) is 58.6 Å². The first-order valence-electron chi connectivity index (χ1n) is 6.90. The van der Waals surface area contributed by atoms with Gasteiger partial charge in [-0.25, -0.2) is 4.79 Å². The number of urea groups is 1. The molecule has 2 rings (SSSR count). The Morgan fingerprint density at radius 1 is 1.38 bits per heavy atom. The first-order chi connectivity index (χ1) is 10.0. The van der Waals surface area contributed by atoms with Gasteiger partial charge in [-0.15, -0.1) is 11.8 Å². The Balaban J connectivity index is 1.89. The Hall–Kier alpha value is -1.69. The molecule has 1 N–H and O–H groups in total. The predicted molar refractivity (Wildman–Crippen MR) is 82.6 cm³/mol. The van der Waals surface area contributed by atoms with E-state index in [1.165, 1.54) is 4.90 Å². The molecule has 21 heavy (non-hydrogen) atoms. The summed E-state index contributed by atoms with van der Waals surface area (Å²) in [6.45, 7) is 4.18. The number of hydrogen-bond acceptors (Lipinski definition) is 4. The molecule has 0 saturated carbocycles. The highest BCUT2D eigenvalue weighted by molar-refractivity contribution is 7.99. The molecule has 5 nitrogen and oxygen atoms in total. The Morgan fingerprint density at radius 3 is 2.71 bits per heavy atom. The number of amides is 3. The molecule has 2 atom stereocenters. The Kier molecular flexibility index (Phi) is 5.12. The van der Waals surface area contributed by atoms with Gasteiger partial charge in [0.25, 0.3) is 5.91 Å². The molecule has 1 aromatic carbocycles. The van der Waals surface area contributed by atoms with Crippen molar-refractivity contribution in [1.29, 1.82) is 0 Å². The van der Waals surface area contributed by atoms with Crippen LogP contribution in [0, 0.1) is 5.92 Å². The fourth-order valence-electron chi connectivity index (χ4n) is 2.17. The van der Waals surface area contributed by atoms with Crippen LogP contribution in [0.1, 0.15) is 13.8 Å². The summed E-state index contributed by atoms with van der Waals surface area (Å²) >= 11 is 1.67. The SMILES string of the molecule is COc1ccccc1SC[C@@H](C)CN1C(=O)N[C@@H](C)C1=O. The Bertz CT molecular complexity index is 535. The van der Waals surface area contributed by atoms with Crippen LogP contribution in [-0.2, 0) is 4.79 Å². The summed E-state index contributed by atoms with van der Waals surface area (Å²) in [4.78, 5) is 25.9. The van der Waals surface area contributed by atoms with E-state index in [2.05, 4.69) is 5.32 Å². The van der Waals surface area contributed by atoms with Crippen LogP contribution in [-0.4, -0.2) is 42.3 Å².